The molecule has 0 fully saturated rings. The lowest BCUT2D eigenvalue weighted by Crippen LogP contribution is -2.28. The summed E-state index contributed by atoms with van der Waals surface area (Å²) in [5, 5.41) is 2.78. The zero-order valence-corrected chi connectivity index (χ0v) is 10.2. The first-order valence-corrected chi connectivity index (χ1v) is 5.80. The molecule has 4 heteroatoms. The van der Waals surface area contributed by atoms with Crippen LogP contribution in [0.15, 0.2) is 61.3 Å². The highest BCUT2D eigenvalue weighted by atomic mass is 19.1. The zero-order chi connectivity index (χ0) is 13.7. The van der Waals surface area contributed by atoms with Crippen molar-refractivity contribution >= 4 is 5.91 Å². The molecule has 3 nitrogen and oxygen atoms in total. The Morgan fingerprint density at radius 3 is 2.58 bits per heavy atom. The first-order chi connectivity index (χ1) is 9.20. The number of nitrogens with zero attached hydrogens (tertiary/aromatic N) is 1. The number of carbonyl (C=O) groups excluding carboxylic acids is 1. The number of hydrogen-bond donors (Lipinski definition) is 1. The standard InChI is InChI=1S/C15H13FN2O/c1-2-14(19)18-15(13-5-3-4-10-17-13)11-6-8-12(16)9-7-11/h2-10,15H,1H2,(H,18,19). The van der Waals surface area contributed by atoms with Gasteiger partial charge in [-0.3, -0.25) is 9.78 Å². The van der Waals surface area contributed by atoms with Gasteiger partial charge in [0.15, 0.2) is 0 Å². The molecule has 1 amide bonds. The minimum absolute atomic E-state index is 0.306. The lowest BCUT2D eigenvalue weighted by molar-refractivity contribution is -0.117. The van der Waals surface area contributed by atoms with E-state index in [1.54, 1.807) is 30.5 Å². The van der Waals surface area contributed by atoms with Crippen LogP contribution in [0.25, 0.3) is 0 Å². The van der Waals surface area contributed by atoms with E-state index in [0.717, 1.165) is 5.56 Å². The molecule has 0 saturated heterocycles. The fraction of sp³-hybridized carbons (Fsp3) is 0.0667. The van der Waals surface area contributed by atoms with E-state index in [-0.39, 0.29) is 11.7 Å². The molecule has 2 aromatic rings. The molecule has 2 rings (SSSR count). The Morgan fingerprint density at radius 2 is 2.00 bits per heavy atom. The predicted octanol–water partition coefficient (Wildman–Crippen LogP) is 2.61. The molecule has 1 aromatic carbocycles. The Balaban J connectivity index is 2.36. The van der Waals surface area contributed by atoms with E-state index in [4.69, 9.17) is 0 Å². The number of hydrogen-bond acceptors (Lipinski definition) is 2. The summed E-state index contributed by atoms with van der Waals surface area (Å²) in [6.45, 7) is 3.42. The normalized spacial score (nSPS) is 11.6. The van der Waals surface area contributed by atoms with Crippen molar-refractivity contribution in [3.63, 3.8) is 0 Å². The number of amides is 1. The van der Waals surface area contributed by atoms with E-state index in [9.17, 15) is 9.18 Å². The Bertz CT molecular complexity index is 566. The maximum absolute atomic E-state index is 13.0. The molecule has 0 aliphatic rings. The third-order valence-corrected chi connectivity index (χ3v) is 2.66. The van der Waals surface area contributed by atoms with Crippen LogP contribution in [0.2, 0.25) is 0 Å². The van der Waals surface area contributed by atoms with Crippen LogP contribution in [0, 0.1) is 5.82 Å². The average molecular weight is 256 g/mol. The number of aromatic nitrogens is 1. The molecular weight excluding hydrogens is 243 g/mol. The topological polar surface area (TPSA) is 42.0 Å². The van der Waals surface area contributed by atoms with Gasteiger partial charge in [0, 0.05) is 6.20 Å². The quantitative estimate of drug-likeness (QED) is 0.854. The molecule has 0 aliphatic heterocycles. The fourth-order valence-electron chi connectivity index (χ4n) is 1.73. The van der Waals surface area contributed by atoms with Gasteiger partial charge in [0.1, 0.15) is 5.82 Å². The summed E-state index contributed by atoms with van der Waals surface area (Å²) in [6.07, 6.45) is 2.84. The minimum Gasteiger partial charge on any atom is -0.340 e. The maximum Gasteiger partial charge on any atom is 0.244 e. The summed E-state index contributed by atoms with van der Waals surface area (Å²) in [5.41, 5.74) is 1.44. The lowest BCUT2D eigenvalue weighted by atomic mass is 10.0. The van der Waals surface area contributed by atoms with E-state index >= 15 is 0 Å². The summed E-state index contributed by atoms with van der Waals surface area (Å²) in [6, 6.07) is 11.0. The van der Waals surface area contributed by atoms with E-state index < -0.39 is 6.04 Å². The minimum atomic E-state index is -0.424. The van der Waals surface area contributed by atoms with E-state index in [0.29, 0.717) is 5.69 Å². The van der Waals surface area contributed by atoms with Crippen molar-refractivity contribution in [1.82, 2.24) is 10.3 Å². The molecule has 1 heterocycles. The molecule has 0 radical (unpaired) electrons. The van der Waals surface area contributed by atoms with Gasteiger partial charge in [-0.05, 0) is 35.9 Å². The predicted molar refractivity (Wildman–Crippen MR) is 70.8 cm³/mol. The van der Waals surface area contributed by atoms with Crippen LogP contribution in [-0.4, -0.2) is 10.9 Å². The average Bonchev–Trinajstić information content (AvgIpc) is 2.46. The van der Waals surface area contributed by atoms with Crippen LogP contribution in [0.5, 0.6) is 0 Å². The summed E-state index contributed by atoms with van der Waals surface area (Å²) in [5.74, 6) is -0.626. The van der Waals surface area contributed by atoms with Gasteiger partial charge in [0.25, 0.3) is 0 Å². The van der Waals surface area contributed by atoms with Gasteiger partial charge in [-0.15, -0.1) is 0 Å². The monoisotopic (exact) mass is 256 g/mol. The van der Waals surface area contributed by atoms with Crippen molar-refractivity contribution in [3.8, 4) is 0 Å². The van der Waals surface area contributed by atoms with Crippen LogP contribution < -0.4 is 5.32 Å². The number of benzene rings is 1. The second-order valence-electron chi connectivity index (χ2n) is 3.95. The van der Waals surface area contributed by atoms with Crippen LogP contribution >= 0.6 is 0 Å². The first kappa shape index (κ1) is 13.0. The van der Waals surface area contributed by atoms with Crippen LogP contribution in [0.3, 0.4) is 0 Å². The number of halogens is 1. The first-order valence-electron chi connectivity index (χ1n) is 5.80. The van der Waals surface area contributed by atoms with Crippen molar-refractivity contribution in [2.45, 2.75) is 6.04 Å². The van der Waals surface area contributed by atoms with Gasteiger partial charge in [-0.25, -0.2) is 4.39 Å². The molecule has 0 aliphatic carbocycles. The summed E-state index contributed by atoms with van der Waals surface area (Å²) in [4.78, 5) is 15.7. The summed E-state index contributed by atoms with van der Waals surface area (Å²) in [7, 11) is 0. The van der Waals surface area contributed by atoms with Crippen LogP contribution in [0.1, 0.15) is 17.3 Å². The molecule has 1 unspecified atom stereocenters. The van der Waals surface area contributed by atoms with E-state index in [1.165, 1.54) is 18.2 Å². The fourth-order valence-corrected chi connectivity index (χ4v) is 1.73. The Kier molecular flexibility index (Phi) is 4.03. The number of carbonyl (C=O) groups is 1. The van der Waals surface area contributed by atoms with Crippen LogP contribution in [-0.2, 0) is 4.79 Å². The van der Waals surface area contributed by atoms with E-state index in [2.05, 4.69) is 16.9 Å². The molecule has 0 spiro atoms. The number of nitrogens with one attached hydrogen (secondary N) is 1. The zero-order valence-electron chi connectivity index (χ0n) is 10.2. The van der Waals surface area contributed by atoms with Gasteiger partial charge < -0.3 is 5.32 Å². The van der Waals surface area contributed by atoms with Gasteiger partial charge in [-0.2, -0.15) is 0 Å². The summed E-state index contributed by atoms with van der Waals surface area (Å²) < 4.78 is 13.0. The highest BCUT2D eigenvalue weighted by Crippen LogP contribution is 2.20. The Hall–Kier alpha value is -2.49. The molecule has 1 atom stereocenters. The molecular formula is C15H13FN2O. The summed E-state index contributed by atoms with van der Waals surface area (Å²) >= 11 is 0. The molecule has 1 aromatic heterocycles. The van der Waals surface area contributed by atoms with Gasteiger partial charge >= 0.3 is 0 Å². The second kappa shape index (κ2) is 5.91. The van der Waals surface area contributed by atoms with Crippen LogP contribution in [0.4, 0.5) is 4.39 Å². The van der Waals surface area contributed by atoms with Gasteiger partial charge in [0.2, 0.25) is 5.91 Å². The maximum atomic E-state index is 13.0. The second-order valence-corrected chi connectivity index (χ2v) is 3.95. The SMILES string of the molecule is C=CC(=O)NC(c1ccc(F)cc1)c1ccccn1. The molecule has 0 bridgehead atoms. The third-order valence-electron chi connectivity index (χ3n) is 2.66. The third kappa shape index (κ3) is 3.25. The molecule has 1 N–H and O–H groups in total. The highest BCUT2D eigenvalue weighted by Gasteiger charge is 2.16. The molecule has 96 valence electrons. The van der Waals surface area contributed by atoms with Crippen molar-refractivity contribution in [1.29, 1.82) is 0 Å². The Labute approximate surface area is 110 Å². The largest absolute Gasteiger partial charge is 0.340 e. The van der Waals surface area contributed by atoms with E-state index in [1.807, 2.05) is 6.07 Å². The highest BCUT2D eigenvalue weighted by molar-refractivity contribution is 5.87. The van der Waals surface area contributed by atoms with Crippen molar-refractivity contribution in [2.24, 2.45) is 0 Å². The van der Waals surface area contributed by atoms with Crippen molar-refractivity contribution in [2.75, 3.05) is 0 Å². The smallest absolute Gasteiger partial charge is 0.244 e. The Morgan fingerprint density at radius 1 is 1.26 bits per heavy atom. The number of pyridine rings is 1. The van der Waals surface area contributed by atoms with Crippen molar-refractivity contribution in [3.05, 3.63) is 78.4 Å². The molecule has 0 saturated carbocycles. The lowest BCUT2D eigenvalue weighted by Gasteiger charge is -2.17. The number of rotatable bonds is 4. The van der Waals surface area contributed by atoms with Crippen molar-refractivity contribution < 1.29 is 9.18 Å². The van der Waals surface area contributed by atoms with Gasteiger partial charge in [-0.1, -0.05) is 24.8 Å². The van der Waals surface area contributed by atoms with Gasteiger partial charge in [0.05, 0.1) is 11.7 Å². The molecule has 19 heavy (non-hydrogen) atoms.